The van der Waals surface area contributed by atoms with Crippen molar-refractivity contribution in [1.29, 1.82) is 0 Å². The van der Waals surface area contributed by atoms with Gasteiger partial charge in [0.25, 0.3) is 0 Å². The number of benzene rings is 1. The maximum atomic E-state index is 11.7. The second-order valence-corrected chi connectivity index (χ2v) is 3.81. The summed E-state index contributed by atoms with van der Waals surface area (Å²) in [6.07, 6.45) is 2.80. The lowest BCUT2D eigenvalue weighted by Crippen LogP contribution is -2.26. The van der Waals surface area contributed by atoms with E-state index < -0.39 is 5.97 Å². The first-order valence-electron chi connectivity index (χ1n) is 5.16. The topological polar surface area (TPSA) is 83.6 Å². The number of nitrogens with zero attached hydrogens (tertiary/aromatic N) is 1. The van der Waals surface area contributed by atoms with Gasteiger partial charge in [0.15, 0.2) is 0 Å². The highest BCUT2D eigenvalue weighted by atomic mass is 16.4. The van der Waals surface area contributed by atoms with Gasteiger partial charge in [0, 0.05) is 24.0 Å². The molecule has 1 heterocycles. The molecule has 0 unspecified atom stereocenters. The van der Waals surface area contributed by atoms with Gasteiger partial charge in [0.2, 0.25) is 5.91 Å². The first-order valence-corrected chi connectivity index (χ1v) is 5.16. The summed E-state index contributed by atoms with van der Waals surface area (Å²) in [7, 11) is 0. The van der Waals surface area contributed by atoms with Crippen molar-refractivity contribution in [2.45, 2.75) is 6.42 Å². The van der Waals surface area contributed by atoms with Crippen molar-refractivity contribution in [1.82, 2.24) is 0 Å². The standard InChI is InChI=1S/C12H12N2O3/c13-9-3-4-10-8(6-9)7-11(15)14(10)5-1-2-12(16)17/h1-4,6H,5,7,13H2,(H,16,17)/b2-1+. The number of carboxylic acid groups (broad SMARTS) is 1. The molecule has 1 amide bonds. The van der Waals surface area contributed by atoms with Crippen LogP contribution in [0.1, 0.15) is 5.56 Å². The Bertz CT molecular complexity index is 508. The van der Waals surface area contributed by atoms with E-state index in [0.29, 0.717) is 12.1 Å². The highest BCUT2D eigenvalue weighted by Gasteiger charge is 2.26. The molecule has 0 fully saturated rings. The Balaban J connectivity index is 2.20. The Morgan fingerprint density at radius 3 is 3.00 bits per heavy atom. The van der Waals surface area contributed by atoms with Crippen LogP contribution in [0.2, 0.25) is 0 Å². The lowest BCUT2D eigenvalue weighted by molar-refractivity contribution is -0.131. The van der Waals surface area contributed by atoms with Gasteiger partial charge in [-0.2, -0.15) is 0 Å². The molecule has 5 heteroatoms. The molecule has 3 N–H and O–H groups in total. The van der Waals surface area contributed by atoms with Crippen LogP contribution in [-0.2, 0) is 16.0 Å². The summed E-state index contributed by atoms with van der Waals surface area (Å²) >= 11 is 0. The fraction of sp³-hybridized carbons (Fsp3) is 0.167. The maximum Gasteiger partial charge on any atom is 0.328 e. The van der Waals surface area contributed by atoms with E-state index in [9.17, 15) is 9.59 Å². The minimum absolute atomic E-state index is 0.0411. The smallest absolute Gasteiger partial charge is 0.328 e. The molecule has 0 saturated carbocycles. The van der Waals surface area contributed by atoms with Gasteiger partial charge in [0.1, 0.15) is 0 Å². The van der Waals surface area contributed by atoms with Crippen molar-refractivity contribution >= 4 is 23.3 Å². The number of nitrogens with two attached hydrogens (primary N) is 1. The number of rotatable bonds is 3. The lowest BCUT2D eigenvalue weighted by atomic mass is 10.1. The molecule has 1 aliphatic rings. The SMILES string of the molecule is Nc1ccc2c(c1)CC(=O)N2C/C=C/C(=O)O. The molecule has 0 atom stereocenters. The highest BCUT2D eigenvalue weighted by Crippen LogP contribution is 2.30. The summed E-state index contributed by atoms with van der Waals surface area (Å²) in [5, 5.41) is 8.48. The second-order valence-electron chi connectivity index (χ2n) is 3.81. The van der Waals surface area contributed by atoms with Crippen LogP contribution in [0.5, 0.6) is 0 Å². The van der Waals surface area contributed by atoms with Gasteiger partial charge in [-0.25, -0.2) is 4.79 Å². The fourth-order valence-electron chi connectivity index (χ4n) is 1.86. The van der Waals surface area contributed by atoms with Crippen LogP contribution in [0.15, 0.2) is 30.4 Å². The van der Waals surface area contributed by atoms with E-state index in [1.807, 2.05) is 0 Å². The zero-order chi connectivity index (χ0) is 12.4. The molecular formula is C12H12N2O3. The number of amides is 1. The van der Waals surface area contributed by atoms with Gasteiger partial charge >= 0.3 is 5.97 Å². The molecule has 1 aromatic rings. The third-order valence-electron chi connectivity index (χ3n) is 2.59. The second kappa shape index (κ2) is 4.29. The van der Waals surface area contributed by atoms with Crippen molar-refractivity contribution < 1.29 is 14.7 Å². The molecule has 17 heavy (non-hydrogen) atoms. The van der Waals surface area contributed by atoms with Crippen molar-refractivity contribution in [2.75, 3.05) is 17.2 Å². The zero-order valence-corrected chi connectivity index (χ0v) is 9.09. The van der Waals surface area contributed by atoms with Crippen molar-refractivity contribution in [3.63, 3.8) is 0 Å². The van der Waals surface area contributed by atoms with E-state index in [2.05, 4.69) is 0 Å². The third-order valence-corrected chi connectivity index (χ3v) is 2.59. The quantitative estimate of drug-likeness (QED) is 0.596. The van der Waals surface area contributed by atoms with Crippen molar-refractivity contribution in [3.8, 4) is 0 Å². The summed E-state index contributed by atoms with van der Waals surface area (Å²) in [4.78, 5) is 23.6. The number of carbonyl (C=O) groups excluding carboxylic acids is 1. The summed E-state index contributed by atoms with van der Waals surface area (Å²) in [6.45, 7) is 0.266. The third kappa shape index (κ3) is 2.28. The van der Waals surface area contributed by atoms with E-state index in [4.69, 9.17) is 10.8 Å². The number of nitrogen functional groups attached to an aromatic ring is 1. The van der Waals surface area contributed by atoms with E-state index in [1.54, 1.807) is 23.1 Å². The average Bonchev–Trinajstić information content (AvgIpc) is 2.54. The average molecular weight is 232 g/mol. The van der Waals surface area contributed by atoms with E-state index >= 15 is 0 Å². The molecule has 0 saturated heterocycles. The molecule has 0 aromatic heterocycles. The molecule has 0 bridgehead atoms. The number of aliphatic carboxylic acids is 1. The molecule has 1 aromatic carbocycles. The van der Waals surface area contributed by atoms with Crippen LogP contribution in [0.4, 0.5) is 11.4 Å². The molecule has 0 radical (unpaired) electrons. The Labute approximate surface area is 98.1 Å². The molecule has 0 aliphatic carbocycles. The maximum absolute atomic E-state index is 11.7. The van der Waals surface area contributed by atoms with Crippen LogP contribution < -0.4 is 10.6 Å². The van der Waals surface area contributed by atoms with Gasteiger partial charge in [-0.3, -0.25) is 4.79 Å². The van der Waals surface area contributed by atoms with Crippen molar-refractivity contribution in [3.05, 3.63) is 35.9 Å². The number of carbonyl (C=O) groups is 2. The van der Waals surface area contributed by atoms with E-state index in [1.165, 1.54) is 6.08 Å². The minimum Gasteiger partial charge on any atom is -0.478 e. The number of hydrogen-bond acceptors (Lipinski definition) is 3. The molecular weight excluding hydrogens is 220 g/mol. The number of hydrogen-bond donors (Lipinski definition) is 2. The molecule has 2 rings (SSSR count). The first kappa shape index (κ1) is 11.2. The van der Waals surface area contributed by atoms with Gasteiger partial charge < -0.3 is 15.7 Å². The first-order chi connectivity index (χ1) is 8.08. The van der Waals surface area contributed by atoms with Crippen LogP contribution in [-0.4, -0.2) is 23.5 Å². The molecule has 1 aliphatic heterocycles. The molecule has 5 nitrogen and oxygen atoms in total. The van der Waals surface area contributed by atoms with Crippen LogP contribution >= 0.6 is 0 Å². The van der Waals surface area contributed by atoms with Gasteiger partial charge in [0.05, 0.1) is 6.42 Å². The number of fused-ring (bicyclic) bond motifs is 1. The normalized spacial score (nSPS) is 14.4. The van der Waals surface area contributed by atoms with Crippen LogP contribution in [0, 0.1) is 0 Å². The van der Waals surface area contributed by atoms with Gasteiger partial charge in [-0.1, -0.05) is 6.08 Å². The molecule has 0 spiro atoms. The highest BCUT2D eigenvalue weighted by molar-refractivity contribution is 6.02. The summed E-state index contributed by atoms with van der Waals surface area (Å²) in [5.41, 5.74) is 7.96. The molecule has 88 valence electrons. The Morgan fingerprint density at radius 2 is 2.29 bits per heavy atom. The summed E-state index contributed by atoms with van der Waals surface area (Å²) in [6, 6.07) is 5.28. The predicted octanol–water partition coefficient (Wildman–Crippen LogP) is 0.799. The Hall–Kier alpha value is -2.30. The zero-order valence-electron chi connectivity index (χ0n) is 9.09. The summed E-state index contributed by atoms with van der Waals surface area (Å²) < 4.78 is 0. The van der Waals surface area contributed by atoms with E-state index in [-0.39, 0.29) is 12.5 Å². The fourth-order valence-corrected chi connectivity index (χ4v) is 1.86. The largest absolute Gasteiger partial charge is 0.478 e. The monoisotopic (exact) mass is 232 g/mol. The van der Waals surface area contributed by atoms with Crippen molar-refractivity contribution in [2.24, 2.45) is 0 Å². The Morgan fingerprint density at radius 1 is 1.53 bits per heavy atom. The number of carboxylic acids is 1. The van der Waals surface area contributed by atoms with E-state index in [0.717, 1.165) is 17.3 Å². The minimum atomic E-state index is -1.02. The number of anilines is 2. The predicted molar refractivity (Wildman–Crippen MR) is 63.7 cm³/mol. The Kier molecular flexibility index (Phi) is 2.82. The van der Waals surface area contributed by atoms with Gasteiger partial charge in [-0.05, 0) is 23.8 Å². The van der Waals surface area contributed by atoms with Crippen LogP contribution in [0.3, 0.4) is 0 Å². The lowest BCUT2D eigenvalue weighted by Gasteiger charge is -2.14. The summed E-state index contributed by atoms with van der Waals surface area (Å²) in [5.74, 6) is -1.06. The van der Waals surface area contributed by atoms with Crippen LogP contribution in [0.25, 0.3) is 0 Å². The van der Waals surface area contributed by atoms with Gasteiger partial charge in [-0.15, -0.1) is 0 Å².